The molecule has 0 amide bonds. The van der Waals surface area contributed by atoms with Gasteiger partial charge < -0.3 is 20.2 Å². The molecule has 2 aliphatic rings. The van der Waals surface area contributed by atoms with Gasteiger partial charge in [-0.25, -0.2) is 4.79 Å². The van der Waals surface area contributed by atoms with Crippen molar-refractivity contribution in [2.45, 2.75) is 39.5 Å². The summed E-state index contributed by atoms with van der Waals surface area (Å²) in [5, 5.41) is 0.986. The molecule has 1 aromatic carbocycles. The van der Waals surface area contributed by atoms with Gasteiger partial charge in [0.05, 0.1) is 37.0 Å². The Labute approximate surface area is 188 Å². The van der Waals surface area contributed by atoms with E-state index in [0.29, 0.717) is 37.3 Å². The van der Waals surface area contributed by atoms with E-state index in [-0.39, 0.29) is 24.4 Å². The lowest BCUT2D eigenvalue weighted by atomic mass is 9.63. The quantitative estimate of drug-likeness (QED) is 0.509. The number of ether oxygens (including phenoxy) is 2. The molecule has 1 aliphatic carbocycles. The van der Waals surface area contributed by atoms with Crippen molar-refractivity contribution in [1.82, 2.24) is 4.98 Å². The molecule has 7 heteroatoms. The van der Waals surface area contributed by atoms with Gasteiger partial charge in [-0.1, -0.05) is 32.0 Å². The van der Waals surface area contributed by atoms with Crippen LogP contribution in [0.25, 0.3) is 10.9 Å². The van der Waals surface area contributed by atoms with Gasteiger partial charge in [-0.3, -0.25) is 9.79 Å². The average Bonchev–Trinajstić information content (AvgIpc) is 3.16. The molecule has 0 radical (unpaired) electrons. The predicted octanol–water partition coefficient (Wildman–Crippen LogP) is 3.50. The van der Waals surface area contributed by atoms with Gasteiger partial charge in [0.1, 0.15) is 5.78 Å². The maximum absolute atomic E-state index is 13.5. The van der Waals surface area contributed by atoms with Crippen LogP contribution in [0.1, 0.15) is 45.1 Å². The maximum atomic E-state index is 13.5. The molecular weight excluding hydrogens is 406 g/mol. The summed E-state index contributed by atoms with van der Waals surface area (Å²) < 4.78 is 11.1. The SMILES string of the molecule is CCOC(=O)C1=C(COCCN)N=C2CC(C)(C)CC(=O)C2C1c1c[nH]c2ccccc12. The number of hydrogen-bond donors (Lipinski definition) is 2. The molecule has 2 atom stereocenters. The summed E-state index contributed by atoms with van der Waals surface area (Å²) in [6.07, 6.45) is 3.05. The molecule has 0 saturated heterocycles. The lowest BCUT2D eigenvalue weighted by Gasteiger charge is -2.41. The number of nitrogens with zero attached hydrogens (tertiary/aromatic N) is 1. The van der Waals surface area contributed by atoms with Gasteiger partial charge in [-0.2, -0.15) is 0 Å². The number of carbonyl (C=O) groups excluding carboxylic acids is 2. The predicted molar refractivity (Wildman–Crippen MR) is 124 cm³/mol. The molecule has 7 nitrogen and oxygen atoms in total. The monoisotopic (exact) mass is 437 g/mol. The van der Waals surface area contributed by atoms with E-state index in [4.69, 9.17) is 20.2 Å². The molecule has 2 aromatic rings. The van der Waals surface area contributed by atoms with Crippen molar-refractivity contribution in [1.29, 1.82) is 0 Å². The van der Waals surface area contributed by atoms with Gasteiger partial charge in [-0.05, 0) is 30.4 Å². The minimum atomic E-state index is -0.486. The van der Waals surface area contributed by atoms with Crippen LogP contribution in [0.5, 0.6) is 0 Å². The van der Waals surface area contributed by atoms with Crippen LogP contribution >= 0.6 is 0 Å². The lowest BCUT2D eigenvalue weighted by Crippen LogP contribution is -2.44. The van der Waals surface area contributed by atoms with E-state index >= 15 is 0 Å². The number of fused-ring (bicyclic) bond motifs is 2. The van der Waals surface area contributed by atoms with Gasteiger partial charge in [-0.15, -0.1) is 0 Å². The van der Waals surface area contributed by atoms with Crippen LogP contribution in [0.3, 0.4) is 0 Å². The number of Topliss-reactive ketones (excluding diaryl/α,β-unsaturated/α-hetero) is 1. The fourth-order valence-corrected chi connectivity index (χ4v) is 5.00. The van der Waals surface area contributed by atoms with E-state index < -0.39 is 17.8 Å². The highest BCUT2D eigenvalue weighted by atomic mass is 16.5. The van der Waals surface area contributed by atoms with Gasteiger partial charge in [0.25, 0.3) is 0 Å². The van der Waals surface area contributed by atoms with E-state index in [1.54, 1.807) is 6.92 Å². The zero-order valence-electron chi connectivity index (χ0n) is 18.9. The van der Waals surface area contributed by atoms with Crippen molar-refractivity contribution in [3.05, 3.63) is 47.3 Å². The zero-order chi connectivity index (χ0) is 22.9. The molecule has 1 aliphatic heterocycles. The standard InChI is InChI=1S/C25H31N3O4/c1-4-32-24(30)23-19(14-31-10-9-26)28-18-11-25(2,3)12-20(29)22(18)21(23)16-13-27-17-8-6-5-7-15(16)17/h5-8,13,21-22,27H,4,9-12,14,26H2,1-3H3. The number of benzene rings is 1. The first kappa shape index (κ1) is 22.4. The molecule has 2 unspecified atom stereocenters. The molecular formula is C25H31N3O4. The third kappa shape index (κ3) is 4.14. The minimum absolute atomic E-state index is 0.110. The molecule has 1 aromatic heterocycles. The van der Waals surface area contributed by atoms with Crippen molar-refractivity contribution >= 4 is 28.4 Å². The molecule has 2 heterocycles. The molecule has 32 heavy (non-hydrogen) atoms. The molecule has 4 rings (SSSR count). The number of ketones is 1. The summed E-state index contributed by atoms with van der Waals surface area (Å²) in [6.45, 7) is 7.06. The smallest absolute Gasteiger partial charge is 0.336 e. The van der Waals surface area contributed by atoms with Crippen molar-refractivity contribution in [2.24, 2.45) is 22.1 Å². The van der Waals surface area contributed by atoms with Crippen LogP contribution in [0, 0.1) is 11.3 Å². The van der Waals surface area contributed by atoms with E-state index in [2.05, 4.69) is 18.8 Å². The van der Waals surface area contributed by atoms with Crippen molar-refractivity contribution in [2.75, 3.05) is 26.4 Å². The first-order valence-corrected chi connectivity index (χ1v) is 11.2. The first-order valence-electron chi connectivity index (χ1n) is 11.2. The largest absolute Gasteiger partial charge is 0.463 e. The topological polar surface area (TPSA) is 107 Å². The molecule has 3 N–H and O–H groups in total. The van der Waals surface area contributed by atoms with Gasteiger partial charge in [0, 0.05) is 41.7 Å². The summed E-state index contributed by atoms with van der Waals surface area (Å²) in [5.74, 6) is -1.30. The van der Waals surface area contributed by atoms with Crippen LogP contribution in [0.2, 0.25) is 0 Å². The number of nitrogens with two attached hydrogens (primary N) is 1. The summed E-state index contributed by atoms with van der Waals surface area (Å²) >= 11 is 0. The fourth-order valence-electron chi connectivity index (χ4n) is 5.00. The molecule has 0 spiro atoms. The van der Waals surface area contributed by atoms with Gasteiger partial charge in [0.15, 0.2) is 0 Å². The zero-order valence-corrected chi connectivity index (χ0v) is 18.9. The Balaban J connectivity index is 1.92. The number of nitrogens with one attached hydrogen (secondary N) is 1. The van der Waals surface area contributed by atoms with Gasteiger partial charge >= 0.3 is 5.97 Å². The van der Waals surface area contributed by atoms with E-state index in [1.165, 1.54) is 0 Å². The van der Waals surface area contributed by atoms with E-state index in [9.17, 15) is 9.59 Å². The van der Waals surface area contributed by atoms with Crippen molar-refractivity contribution in [3.8, 4) is 0 Å². The Morgan fingerprint density at radius 2 is 2.03 bits per heavy atom. The normalized spacial score (nSPS) is 22.6. The van der Waals surface area contributed by atoms with Gasteiger partial charge in [0.2, 0.25) is 0 Å². The van der Waals surface area contributed by atoms with Crippen LogP contribution in [0.4, 0.5) is 0 Å². The molecule has 0 bridgehead atoms. The third-order valence-corrected chi connectivity index (χ3v) is 6.20. The second-order valence-corrected chi connectivity index (χ2v) is 9.25. The molecule has 1 saturated carbocycles. The number of hydrogen-bond acceptors (Lipinski definition) is 6. The first-order chi connectivity index (χ1) is 15.4. The van der Waals surface area contributed by atoms with Crippen LogP contribution in [-0.2, 0) is 19.1 Å². The highest BCUT2D eigenvalue weighted by Gasteiger charge is 2.48. The Bertz CT molecular complexity index is 1100. The van der Waals surface area contributed by atoms with E-state index in [0.717, 1.165) is 22.2 Å². The number of aromatic amines is 1. The lowest BCUT2D eigenvalue weighted by molar-refractivity contribution is -0.139. The van der Waals surface area contributed by atoms with Crippen LogP contribution in [0.15, 0.2) is 46.7 Å². The number of esters is 1. The van der Waals surface area contributed by atoms with Crippen molar-refractivity contribution in [3.63, 3.8) is 0 Å². The van der Waals surface area contributed by atoms with Crippen molar-refractivity contribution < 1.29 is 19.1 Å². The van der Waals surface area contributed by atoms with Crippen LogP contribution < -0.4 is 5.73 Å². The summed E-state index contributed by atoms with van der Waals surface area (Å²) in [6, 6.07) is 7.92. The Hall–Kier alpha value is -2.77. The number of carbonyl (C=O) groups is 2. The van der Waals surface area contributed by atoms with E-state index in [1.807, 2.05) is 30.5 Å². The number of aromatic nitrogens is 1. The number of rotatable bonds is 7. The second-order valence-electron chi connectivity index (χ2n) is 9.25. The fraction of sp³-hybridized carbons (Fsp3) is 0.480. The Morgan fingerprint density at radius 3 is 2.78 bits per heavy atom. The summed E-state index contributed by atoms with van der Waals surface area (Å²) in [4.78, 5) is 34.8. The Kier molecular flexibility index (Phi) is 6.31. The molecule has 1 fully saturated rings. The highest BCUT2D eigenvalue weighted by Crippen LogP contribution is 2.48. The average molecular weight is 438 g/mol. The maximum Gasteiger partial charge on any atom is 0.336 e. The Morgan fingerprint density at radius 1 is 1.25 bits per heavy atom. The molecule has 170 valence electrons. The summed E-state index contributed by atoms with van der Waals surface area (Å²) in [7, 11) is 0. The number of H-pyrrole nitrogens is 1. The number of para-hydroxylation sites is 1. The second kappa shape index (κ2) is 9.00. The third-order valence-electron chi connectivity index (χ3n) is 6.20. The summed E-state index contributed by atoms with van der Waals surface area (Å²) in [5.41, 5.74) is 9.05. The highest BCUT2D eigenvalue weighted by molar-refractivity contribution is 6.12. The van der Waals surface area contributed by atoms with Crippen LogP contribution in [-0.4, -0.2) is 48.8 Å². The minimum Gasteiger partial charge on any atom is -0.463 e. The number of aliphatic imine (C=N–C) groups is 1.